The first kappa shape index (κ1) is 14.8. The van der Waals surface area contributed by atoms with Gasteiger partial charge in [0.2, 0.25) is 5.95 Å². The van der Waals surface area contributed by atoms with E-state index in [4.69, 9.17) is 10.5 Å². The van der Waals surface area contributed by atoms with E-state index in [1.165, 1.54) is 0 Å². The van der Waals surface area contributed by atoms with Gasteiger partial charge in [-0.05, 0) is 20.3 Å². The number of nitrogens with zero attached hydrogens (tertiary/aromatic N) is 2. The molecule has 1 aliphatic carbocycles. The van der Waals surface area contributed by atoms with Crippen molar-refractivity contribution in [3.05, 3.63) is 6.07 Å². The van der Waals surface area contributed by atoms with Gasteiger partial charge in [0.1, 0.15) is 11.6 Å². The Morgan fingerprint density at radius 1 is 1.35 bits per heavy atom. The Labute approximate surface area is 120 Å². The second-order valence-electron chi connectivity index (χ2n) is 5.72. The van der Waals surface area contributed by atoms with Gasteiger partial charge in [-0.15, -0.1) is 0 Å². The van der Waals surface area contributed by atoms with Crippen molar-refractivity contribution in [2.45, 2.75) is 46.3 Å². The van der Waals surface area contributed by atoms with Crippen molar-refractivity contribution < 1.29 is 4.74 Å². The van der Waals surface area contributed by atoms with Crippen LogP contribution in [-0.2, 0) is 4.74 Å². The van der Waals surface area contributed by atoms with Gasteiger partial charge in [-0.25, -0.2) is 0 Å². The molecule has 0 amide bonds. The summed E-state index contributed by atoms with van der Waals surface area (Å²) in [7, 11) is 0. The van der Waals surface area contributed by atoms with Crippen molar-refractivity contribution in [1.82, 2.24) is 9.97 Å². The lowest BCUT2D eigenvalue weighted by atomic mass is 9.64. The Morgan fingerprint density at radius 3 is 2.65 bits per heavy atom. The Balaban J connectivity index is 2.04. The fourth-order valence-electron chi connectivity index (χ4n) is 2.60. The Kier molecular flexibility index (Phi) is 4.32. The third-order valence-electron chi connectivity index (χ3n) is 3.97. The molecule has 1 aromatic rings. The summed E-state index contributed by atoms with van der Waals surface area (Å²) in [5.74, 6) is 1.80. The van der Waals surface area contributed by atoms with E-state index < -0.39 is 0 Å². The number of hydrogen-bond acceptors (Lipinski definition) is 6. The minimum atomic E-state index is 0.0913. The first-order valence-corrected chi connectivity index (χ1v) is 7.24. The van der Waals surface area contributed by atoms with Crippen LogP contribution < -0.4 is 16.4 Å². The van der Waals surface area contributed by atoms with Crippen LogP contribution in [0.3, 0.4) is 0 Å². The van der Waals surface area contributed by atoms with E-state index >= 15 is 0 Å². The number of anilines is 3. The molecule has 2 rings (SSSR count). The predicted molar refractivity (Wildman–Crippen MR) is 81.8 cm³/mol. The van der Waals surface area contributed by atoms with Gasteiger partial charge < -0.3 is 21.1 Å². The Hall–Kier alpha value is -1.56. The third kappa shape index (κ3) is 2.95. The molecule has 112 valence electrons. The van der Waals surface area contributed by atoms with Crippen molar-refractivity contribution in [3.63, 3.8) is 0 Å². The maximum atomic E-state index is 5.74. The summed E-state index contributed by atoms with van der Waals surface area (Å²) < 4.78 is 5.74. The number of rotatable bonds is 6. The fourth-order valence-corrected chi connectivity index (χ4v) is 2.60. The van der Waals surface area contributed by atoms with E-state index in [-0.39, 0.29) is 11.4 Å². The van der Waals surface area contributed by atoms with E-state index in [0.29, 0.717) is 12.1 Å². The molecule has 6 nitrogen and oxygen atoms in total. The highest BCUT2D eigenvalue weighted by molar-refractivity contribution is 5.52. The molecule has 0 aromatic carbocycles. The highest BCUT2D eigenvalue weighted by atomic mass is 16.5. The number of nitrogens with one attached hydrogen (secondary N) is 2. The zero-order chi connectivity index (χ0) is 14.8. The van der Waals surface area contributed by atoms with Gasteiger partial charge in [0, 0.05) is 30.7 Å². The number of hydrogen-bond donors (Lipinski definition) is 3. The second kappa shape index (κ2) is 5.83. The molecule has 0 radical (unpaired) electrons. The molecule has 1 saturated carbocycles. The standard InChI is InChI=1S/C14H25N5O/c1-5-16-11-8-12(19-13(15)18-11)17-9-7-10(20-6-2)14(9,3)4/h8-10H,5-7H2,1-4H3,(H4,15,16,17,18,19). The summed E-state index contributed by atoms with van der Waals surface area (Å²) in [5.41, 5.74) is 5.83. The molecule has 1 aliphatic rings. The van der Waals surface area contributed by atoms with Crippen LogP contribution in [-0.4, -0.2) is 35.3 Å². The largest absolute Gasteiger partial charge is 0.378 e. The van der Waals surface area contributed by atoms with Crippen LogP contribution in [0.4, 0.5) is 17.6 Å². The van der Waals surface area contributed by atoms with Gasteiger partial charge in [0.05, 0.1) is 6.10 Å². The normalized spacial score (nSPS) is 24.0. The molecule has 1 fully saturated rings. The summed E-state index contributed by atoms with van der Waals surface area (Å²) in [6.07, 6.45) is 1.29. The van der Waals surface area contributed by atoms with E-state index in [1.807, 2.05) is 19.9 Å². The molecule has 0 bridgehead atoms. The fraction of sp³-hybridized carbons (Fsp3) is 0.714. The number of nitrogens with two attached hydrogens (primary N) is 1. The minimum Gasteiger partial charge on any atom is -0.378 e. The van der Waals surface area contributed by atoms with Gasteiger partial charge >= 0.3 is 0 Å². The molecule has 0 aliphatic heterocycles. The van der Waals surface area contributed by atoms with Gasteiger partial charge in [0.15, 0.2) is 0 Å². The first-order valence-electron chi connectivity index (χ1n) is 7.24. The summed E-state index contributed by atoms with van der Waals surface area (Å²) in [6, 6.07) is 2.23. The number of ether oxygens (including phenoxy) is 1. The van der Waals surface area contributed by atoms with Gasteiger partial charge in [0.25, 0.3) is 0 Å². The van der Waals surface area contributed by atoms with Crippen LogP contribution >= 0.6 is 0 Å². The lowest BCUT2D eigenvalue weighted by Gasteiger charge is -2.51. The third-order valence-corrected chi connectivity index (χ3v) is 3.97. The van der Waals surface area contributed by atoms with Crippen molar-refractivity contribution in [2.75, 3.05) is 29.5 Å². The number of nitrogen functional groups attached to an aromatic ring is 1. The molecule has 1 aromatic heterocycles. The molecular formula is C14H25N5O. The summed E-state index contributed by atoms with van der Waals surface area (Å²) in [6.45, 7) is 10.0. The SMILES string of the molecule is CCNc1cc(NC2CC(OCC)C2(C)C)nc(N)n1. The molecule has 2 unspecified atom stereocenters. The maximum absolute atomic E-state index is 5.74. The topological polar surface area (TPSA) is 85.1 Å². The molecule has 1 heterocycles. The summed E-state index contributed by atoms with van der Waals surface area (Å²) >= 11 is 0. The first-order chi connectivity index (χ1) is 9.47. The van der Waals surface area contributed by atoms with Crippen LogP contribution in [0, 0.1) is 5.41 Å². The highest BCUT2D eigenvalue weighted by Gasteiger charge is 2.49. The maximum Gasteiger partial charge on any atom is 0.223 e. The van der Waals surface area contributed by atoms with Gasteiger partial charge in [-0.1, -0.05) is 13.8 Å². The predicted octanol–water partition coefficient (Wildman–Crippen LogP) is 2.11. The zero-order valence-electron chi connectivity index (χ0n) is 12.7. The van der Waals surface area contributed by atoms with E-state index in [9.17, 15) is 0 Å². The van der Waals surface area contributed by atoms with Crippen LogP contribution in [0.2, 0.25) is 0 Å². The molecule has 4 N–H and O–H groups in total. The highest BCUT2D eigenvalue weighted by Crippen LogP contribution is 2.44. The molecular weight excluding hydrogens is 254 g/mol. The van der Waals surface area contributed by atoms with Crippen LogP contribution in [0.25, 0.3) is 0 Å². The molecule has 2 atom stereocenters. The van der Waals surface area contributed by atoms with Crippen molar-refractivity contribution in [2.24, 2.45) is 5.41 Å². The van der Waals surface area contributed by atoms with Crippen molar-refractivity contribution in [1.29, 1.82) is 0 Å². The minimum absolute atomic E-state index is 0.0913. The van der Waals surface area contributed by atoms with E-state index in [1.54, 1.807) is 0 Å². The zero-order valence-corrected chi connectivity index (χ0v) is 12.7. The smallest absolute Gasteiger partial charge is 0.223 e. The van der Waals surface area contributed by atoms with Crippen molar-refractivity contribution >= 4 is 17.6 Å². The van der Waals surface area contributed by atoms with Crippen LogP contribution in [0.15, 0.2) is 6.07 Å². The lowest BCUT2D eigenvalue weighted by Crippen LogP contribution is -2.58. The Bertz CT molecular complexity index is 463. The molecule has 0 saturated heterocycles. The van der Waals surface area contributed by atoms with E-state index in [0.717, 1.165) is 31.2 Å². The Morgan fingerprint density at radius 2 is 2.05 bits per heavy atom. The average molecular weight is 279 g/mol. The quantitative estimate of drug-likeness (QED) is 0.739. The van der Waals surface area contributed by atoms with Gasteiger partial charge in [-0.2, -0.15) is 9.97 Å². The second-order valence-corrected chi connectivity index (χ2v) is 5.72. The van der Waals surface area contributed by atoms with E-state index in [2.05, 4.69) is 34.4 Å². The van der Waals surface area contributed by atoms with Crippen molar-refractivity contribution in [3.8, 4) is 0 Å². The van der Waals surface area contributed by atoms with Crippen LogP contribution in [0.1, 0.15) is 34.1 Å². The molecule has 0 spiro atoms. The van der Waals surface area contributed by atoms with Gasteiger partial charge in [-0.3, -0.25) is 0 Å². The summed E-state index contributed by atoms with van der Waals surface area (Å²) in [4.78, 5) is 8.40. The number of aromatic nitrogens is 2. The molecule has 6 heteroatoms. The monoisotopic (exact) mass is 279 g/mol. The lowest BCUT2D eigenvalue weighted by molar-refractivity contribution is -0.0976. The molecule has 20 heavy (non-hydrogen) atoms. The average Bonchev–Trinajstić information content (AvgIpc) is 2.37. The summed E-state index contributed by atoms with van der Waals surface area (Å²) in [5, 5.41) is 6.60. The van der Waals surface area contributed by atoms with Crippen LogP contribution in [0.5, 0.6) is 0 Å².